The Labute approximate surface area is 319 Å². The van der Waals surface area contributed by atoms with E-state index in [9.17, 15) is 23.1 Å². The molecule has 7 nitrogen and oxygen atoms in total. The van der Waals surface area contributed by atoms with Gasteiger partial charge in [-0.1, -0.05) is 151 Å². The number of nitrogens with one attached hydrogen (secondary N) is 1. The number of hydrogen-bond acceptors (Lipinski definition) is 4. The summed E-state index contributed by atoms with van der Waals surface area (Å²) in [5, 5.41) is 14.8. The number of sulfonamides is 1. The summed E-state index contributed by atoms with van der Waals surface area (Å²) in [4.78, 5) is 26.7. The van der Waals surface area contributed by atoms with Crippen LogP contribution in [0.2, 0.25) is 5.02 Å². The third-order valence-electron chi connectivity index (χ3n) is 9.32. The van der Waals surface area contributed by atoms with Crippen molar-refractivity contribution in [1.82, 2.24) is 5.32 Å². The Kier molecular flexibility index (Phi) is 10.6. The first-order chi connectivity index (χ1) is 26.2. The highest BCUT2D eigenvalue weighted by molar-refractivity contribution is 7.92. The molecule has 0 saturated carbocycles. The van der Waals surface area contributed by atoms with E-state index in [1.807, 2.05) is 127 Å². The molecule has 0 aliphatic rings. The van der Waals surface area contributed by atoms with Crippen LogP contribution in [0.25, 0.3) is 33.0 Å². The van der Waals surface area contributed by atoms with Crippen LogP contribution in [0.1, 0.15) is 21.5 Å². The average molecular weight is 751 g/mol. The number of halogens is 1. The lowest BCUT2D eigenvalue weighted by Crippen LogP contribution is -2.43. The third kappa shape index (κ3) is 7.90. The van der Waals surface area contributed by atoms with Gasteiger partial charge in [-0.25, -0.2) is 13.2 Å². The monoisotopic (exact) mass is 750 g/mol. The molecule has 54 heavy (non-hydrogen) atoms. The second-order valence-corrected chi connectivity index (χ2v) is 15.1. The van der Waals surface area contributed by atoms with Gasteiger partial charge in [-0.3, -0.25) is 9.10 Å². The molecular weight excluding hydrogens is 716 g/mol. The smallest absolute Gasteiger partial charge is 0.326 e. The van der Waals surface area contributed by atoms with Crippen LogP contribution in [0.4, 0.5) is 5.69 Å². The summed E-state index contributed by atoms with van der Waals surface area (Å²) in [6.07, 6.45) is -0.00216. The van der Waals surface area contributed by atoms with Crippen molar-refractivity contribution in [2.75, 3.05) is 4.31 Å². The van der Waals surface area contributed by atoms with Crippen molar-refractivity contribution in [1.29, 1.82) is 0 Å². The number of nitrogens with zero attached hydrogens (tertiary/aromatic N) is 1. The molecule has 0 heterocycles. The second kappa shape index (κ2) is 15.8. The molecule has 0 radical (unpaired) electrons. The van der Waals surface area contributed by atoms with Crippen LogP contribution >= 0.6 is 11.6 Å². The molecule has 0 saturated heterocycles. The van der Waals surface area contributed by atoms with E-state index in [2.05, 4.69) is 5.32 Å². The van der Waals surface area contributed by atoms with Gasteiger partial charge in [0.2, 0.25) is 0 Å². The van der Waals surface area contributed by atoms with E-state index < -0.39 is 27.9 Å². The first-order valence-electron chi connectivity index (χ1n) is 17.3. The van der Waals surface area contributed by atoms with Gasteiger partial charge in [-0.2, -0.15) is 0 Å². The van der Waals surface area contributed by atoms with Crippen LogP contribution in [-0.2, 0) is 27.8 Å². The predicted molar refractivity (Wildman–Crippen MR) is 215 cm³/mol. The minimum atomic E-state index is -4.32. The lowest BCUT2D eigenvalue weighted by Gasteiger charge is -2.28. The number of hydrogen-bond donors (Lipinski definition) is 2. The highest BCUT2D eigenvalue weighted by atomic mass is 35.5. The van der Waals surface area contributed by atoms with Crippen molar-refractivity contribution in [2.24, 2.45) is 0 Å². The fourth-order valence-electron chi connectivity index (χ4n) is 6.51. The van der Waals surface area contributed by atoms with Gasteiger partial charge >= 0.3 is 5.97 Å². The molecule has 0 bridgehead atoms. The topological polar surface area (TPSA) is 104 Å². The molecule has 1 amide bonds. The molecule has 9 heteroatoms. The summed E-state index contributed by atoms with van der Waals surface area (Å²) in [6, 6.07) is 49.8. The Hall–Kier alpha value is -6.22. The van der Waals surface area contributed by atoms with Crippen molar-refractivity contribution in [3.05, 3.63) is 192 Å². The maximum Gasteiger partial charge on any atom is 0.326 e. The Bertz CT molecular complexity index is 2540. The molecular formula is C45H35ClN2O5S. The maximum absolute atomic E-state index is 14.7. The molecule has 1 unspecified atom stereocenters. The Balaban J connectivity index is 1.25. The summed E-state index contributed by atoms with van der Waals surface area (Å²) < 4.78 is 30.7. The van der Waals surface area contributed by atoms with Gasteiger partial charge < -0.3 is 10.4 Å². The quantitative estimate of drug-likeness (QED) is 0.130. The first-order valence-corrected chi connectivity index (χ1v) is 19.1. The van der Waals surface area contributed by atoms with Crippen LogP contribution in [0, 0.1) is 0 Å². The van der Waals surface area contributed by atoms with Gasteiger partial charge in [0.1, 0.15) is 6.04 Å². The fraction of sp³-hybridized carbons (Fsp3) is 0.0667. The van der Waals surface area contributed by atoms with Crippen LogP contribution in [0.15, 0.2) is 175 Å². The molecule has 1 atom stereocenters. The highest BCUT2D eigenvalue weighted by Crippen LogP contribution is 2.34. The number of carbonyl (C=O) groups is 2. The van der Waals surface area contributed by atoms with E-state index in [0.717, 1.165) is 33.0 Å². The molecule has 7 aromatic rings. The third-order valence-corrected chi connectivity index (χ3v) is 11.3. The second-order valence-electron chi connectivity index (χ2n) is 12.8. The van der Waals surface area contributed by atoms with Gasteiger partial charge in [-0.15, -0.1) is 0 Å². The zero-order chi connectivity index (χ0) is 37.7. The minimum absolute atomic E-state index is 0.00216. The fourth-order valence-corrected chi connectivity index (χ4v) is 8.14. The molecule has 0 spiro atoms. The molecule has 0 aliphatic carbocycles. The van der Waals surface area contributed by atoms with Crippen molar-refractivity contribution in [3.8, 4) is 22.3 Å². The zero-order valence-electron chi connectivity index (χ0n) is 29.0. The Morgan fingerprint density at radius 3 is 1.83 bits per heavy atom. The van der Waals surface area contributed by atoms with Crippen LogP contribution in [-0.4, -0.2) is 31.4 Å². The summed E-state index contributed by atoms with van der Waals surface area (Å²) in [5.74, 6) is -2.02. The number of aliphatic carboxylic acids is 1. The van der Waals surface area contributed by atoms with Crippen molar-refractivity contribution < 1.29 is 23.1 Å². The standard InChI is InChI=1S/C45H35ClN2O5S/c46-38-24-27-43(41(29-38)44(49)47-42(45(50)51)28-31-18-20-34(21-19-31)32-10-3-1-4-11-32)48(30-37-16-9-15-36-14-7-8-17-40(36)37)54(52,53)39-25-22-35(23-26-39)33-12-5-2-6-13-33/h1-27,29,42H,28,30H2,(H,47,49)(H,50,51). The number of anilines is 1. The van der Waals surface area contributed by atoms with Crippen LogP contribution < -0.4 is 9.62 Å². The SMILES string of the molecule is O=C(NC(Cc1ccc(-c2ccccc2)cc1)C(=O)O)c1cc(Cl)ccc1N(Cc1cccc2ccccc12)S(=O)(=O)c1ccc(-c2ccccc2)cc1. The number of carboxylic acids is 1. The molecule has 2 N–H and O–H groups in total. The van der Waals surface area contributed by atoms with Crippen molar-refractivity contribution in [2.45, 2.75) is 23.9 Å². The van der Waals surface area contributed by atoms with Crippen LogP contribution in [0.5, 0.6) is 0 Å². The maximum atomic E-state index is 14.7. The number of benzene rings is 7. The van der Waals surface area contributed by atoms with Crippen molar-refractivity contribution >= 4 is 50.0 Å². The van der Waals surface area contributed by atoms with E-state index in [4.69, 9.17) is 11.6 Å². The lowest BCUT2D eigenvalue weighted by atomic mass is 10.0. The van der Waals surface area contributed by atoms with Gasteiger partial charge in [0.25, 0.3) is 15.9 Å². The summed E-state index contributed by atoms with van der Waals surface area (Å²) in [7, 11) is -4.32. The van der Waals surface area contributed by atoms with Crippen LogP contribution in [0.3, 0.4) is 0 Å². The first kappa shape index (κ1) is 36.2. The average Bonchev–Trinajstić information content (AvgIpc) is 3.20. The molecule has 0 fully saturated rings. The normalized spacial score (nSPS) is 11.9. The highest BCUT2D eigenvalue weighted by Gasteiger charge is 2.31. The molecule has 0 aromatic heterocycles. The summed E-state index contributed by atoms with van der Waals surface area (Å²) >= 11 is 6.44. The number of amides is 1. The van der Waals surface area contributed by atoms with E-state index in [-0.39, 0.29) is 34.1 Å². The van der Waals surface area contributed by atoms with E-state index in [1.54, 1.807) is 24.3 Å². The lowest BCUT2D eigenvalue weighted by molar-refractivity contribution is -0.139. The van der Waals surface area contributed by atoms with Gasteiger partial charge in [0.05, 0.1) is 22.7 Å². The van der Waals surface area contributed by atoms with Gasteiger partial charge in [-0.05, 0) is 74.5 Å². The van der Waals surface area contributed by atoms with Gasteiger partial charge in [0, 0.05) is 11.4 Å². The molecule has 268 valence electrons. The number of carbonyl (C=O) groups excluding carboxylic acids is 1. The van der Waals surface area contributed by atoms with Gasteiger partial charge in [0.15, 0.2) is 0 Å². The Morgan fingerprint density at radius 1 is 0.648 bits per heavy atom. The summed E-state index contributed by atoms with van der Waals surface area (Å²) in [6.45, 7) is -0.123. The molecule has 7 aromatic carbocycles. The number of carboxylic acid groups (broad SMARTS) is 1. The largest absolute Gasteiger partial charge is 0.480 e. The minimum Gasteiger partial charge on any atom is -0.480 e. The molecule has 0 aliphatic heterocycles. The Morgan fingerprint density at radius 2 is 1.20 bits per heavy atom. The predicted octanol–water partition coefficient (Wildman–Crippen LogP) is 9.65. The van der Waals surface area contributed by atoms with E-state index >= 15 is 0 Å². The van der Waals surface area contributed by atoms with E-state index in [0.29, 0.717) is 11.1 Å². The zero-order valence-corrected chi connectivity index (χ0v) is 30.5. The summed E-state index contributed by atoms with van der Waals surface area (Å²) in [5.41, 5.74) is 5.15. The molecule has 7 rings (SSSR count). The number of fused-ring (bicyclic) bond motifs is 1. The number of rotatable bonds is 12. The van der Waals surface area contributed by atoms with Crippen molar-refractivity contribution in [3.63, 3.8) is 0 Å². The van der Waals surface area contributed by atoms with E-state index in [1.165, 1.54) is 22.5 Å².